The van der Waals surface area contributed by atoms with Crippen LogP contribution < -0.4 is 0 Å². The highest BCUT2D eigenvalue weighted by Gasteiger charge is 2.21. The van der Waals surface area contributed by atoms with Gasteiger partial charge in [-0.1, -0.05) is 380 Å². The van der Waals surface area contributed by atoms with E-state index in [0.717, 1.165) is 13.0 Å². The topological polar surface area (TPSA) is 15.4 Å². The highest BCUT2D eigenvalue weighted by Crippen LogP contribution is 2.32. The molecule has 0 unspecified atom stereocenters. The number of azo groups is 2. The molecule has 2 aromatic rings. The lowest BCUT2D eigenvalue weighted by Crippen LogP contribution is -2.12. The largest absolute Gasteiger partial charge is 0.209 e. The molecule has 516 valence electrons. The zero-order chi connectivity index (χ0) is 64.0. The molecular formula is C87H159N2+. The summed E-state index contributed by atoms with van der Waals surface area (Å²) in [5.41, 5.74) is 14.2. The van der Waals surface area contributed by atoms with Gasteiger partial charge in [0.1, 0.15) is 5.69 Å². The summed E-state index contributed by atoms with van der Waals surface area (Å²) in [7, 11) is 0. The van der Waals surface area contributed by atoms with Crippen molar-refractivity contribution in [1.82, 2.24) is 0 Å². The molecule has 0 atom stereocenters. The van der Waals surface area contributed by atoms with Gasteiger partial charge in [-0.2, -0.15) is 0 Å². The second kappa shape index (κ2) is 63.2. The number of hydrogen-bond donors (Lipinski definition) is 0. The molecular weight excluding hydrogens is 1070 g/mol. The highest BCUT2D eigenvalue weighted by atomic mass is 15.3. The Morgan fingerprint density at radius 1 is 0.258 bits per heavy atom. The van der Waals surface area contributed by atoms with Crippen LogP contribution in [0.4, 0.5) is 5.69 Å². The monoisotopic (exact) mass is 1230 g/mol. The summed E-state index contributed by atoms with van der Waals surface area (Å²) < 4.78 is 2.61. The number of rotatable bonds is 68. The fourth-order valence-electron chi connectivity index (χ4n) is 14.3. The lowest BCUT2D eigenvalue weighted by molar-refractivity contribution is -0.544. The van der Waals surface area contributed by atoms with Crippen LogP contribution in [0.15, 0.2) is 35.1 Å². The van der Waals surface area contributed by atoms with Crippen molar-refractivity contribution < 1.29 is 4.70 Å². The fourth-order valence-corrected chi connectivity index (χ4v) is 14.3. The second-order valence-electron chi connectivity index (χ2n) is 29.0. The first kappa shape index (κ1) is 82.9. The van der Waals surface area contributed by atoms with Crippen molar-refractivity contribution in [3.63, 3.8) is 0 Å². The molecule has 2 aromatic carbocycles. The van der Waals surface area contributed by atoms with E-state index in [1.54, 1.807) is 33.4 Å². The summed E-state index contributed by atoms with van der Waals surface area (Å²) in [6, 6.07) is 10.6. The van der Waals surface area contributed by atoms with Gasteiger partial charge >= 0.3 is 0 Å². The van der Waals surface area contributed by atoms with E-state index in [-0.39, 0.29) is 0 Å². The first-order valence-electron chi connectivity index (χ1n) is 41.5. The van der Waals surface area contributed by atoms with Gasteiger partial charge < -0.3 is 0 Å². The predicted octanol–water partition coefficient (Wildman–Crippen LogP) is 30.9. The van der Waals surface area contributed by atoms with Crippen molar-refractivity contribution in [3.8, 4) is 0 Å². The summed E-state index contributed by atoms with van der Waals surface area (Å²) in [6.45, 7) is 19.9. The second-order valence-corrected chi connectivity index (χ2v) is 29.0. The van der Waals surface area contributed by atoms with E-state index in [9.17, 15) is 0 Å². The minimum atomic E-state index is 1.03. The molecule has 0 saturated carbocycles. The quantitative estimate of drug-likeness (QED) is 0.0356. The average Bonchev–Trinajstić information content (AvgIpc) is 2.99. The number of allylic oxidation sites excluding steroid dienone is 1. The van der Waals surface area contributed by atoms with Gasteiger partial charge in [-0.05, 0) is 146 Å². The van der Waals surface area contributed by atoms with Gasteiger partial charge in [0.15, 0.2) is 6.54 Å². The van der Waals surface area contributed by atoms with Crippen LogP contribution in [0.3, 0.4) is 0 Å². The van der Waals surface area contributed by atoms with Gasteiger partial charge in [-0.25, -0.2) is 0 Å². The molecule has 0 spiro atoms. The van der Waals surface area contributed by atoms with Crippen molar-refractivity contribution in [3.05, 3.63) is 68.9 Å². The van der Waals surface area contributed by atoms with Crippen LogP contribution in [0.2, 0.25) is 0 Å². The lowest BCUT2D eigenvalue weighted by Gasteiger charge is -2.18. The van der Waals surface area contributed by atoms with E-state index in [2.05, 4.69) is 90.4 Å². The standard InChI is InChI=1S/C87H159N2/c1-9-17-25-30-33-35-37-38-39-40-41-42-43-44-45-46-47-48-49-50-51-53-55-57-60-65-73-89(88-84-77-82(67-23-15-7)86(71-24-16-8)83(78-84)69-62-29-21-13-5)85(70-63-58-56-54-52-36-34-31-26-18-10-2)76-79-74-80(66-22-14-6)87(72-64-59-32-27-19-11-3)81(75-79)68-61-28-20-12-4/h74-78H,9-73H2,1-8H3/q+1. The number of aryl methyl sites for hydroxylation is 4. The maximum Gasteiger partial charge on any atom is 0.209 e. The van der Waals surface area contributed by atoms with Gasteiger partial charge in [0.05, 0.1) is 0 Å². The van der Waals surface area contributed by atoms with Gasteiger partial charge in [0, 0.05) is 18.9 Å². The van der Waals surface area contributed by atoms with E-state index in [1.165, 1.54) is 421 Å². The number of benzene rings is 2. The molecule has 0 bridgehead atoms. The fraction of sp³-hybridized carbons (Fsp3) is 0.839. The Labute approximate surface area is 560 Å². The molecule has 89 heavy (non-hydrogen) atoms. The average molecular weight is 1230 g/mol. The third-order valence-corrected chi connectivity index (χ3v) is 20.3. The van der Waals surface area contributed by atoms with Gasteiger partial charge in [-0.15, -0.1) is 0 Å². The smallest absolute Gasteiger partial charge is 0.0879 e. The Morgan fingerprint density at radius 2 is 0.494 bits per heavy atom. The van der Waals surface area contributed by atoms with Crippen LogP contribution in [0.1, 0.15) is 467 Å². The summed E-state index contributed by atoms with van der Waals surface area (Å²) in [5.74, 6) is 0. The van der Waals surface area contributed by atoms with Crippen LogP contribution in [0.5, 0.6) is 0 Å². The van der Waals surface area contributed by atoms with Crippen LogP contribution in [-0.2, 0) is 38.5 Å². The summed E-state index contributed by atoms with van der Waals surface area (Å²) in [4.78, 5) is 0. The first-order valence-corrected chi connectivity index (χ1v) is 41.5. The summed E-state index contributed by atoms with van der Waals surface area (Å²) in [5, 5.41) is 5.97. The number of hydrogen-bond acceptors (Lipinski definition) is 1. The molecule has 0 aliphatic heterocycles. The van der Waals surface area contributed by atoms with Crippen molar-refractivity contribution in [1.29, 1.82) is 0 Å². The normalized spacial score (nSPS) is 12.2. The molecule has 0 aliphatic rings. The predicted molar refractivity (Wildman–Crippen MR) is 403 cm³/mol. The molecule has 2 heteroatoms. The van der Waals surface area contributed by atoms with E-state index >= 15 is 0 Å². The molecule has 2 nitrogen and oxygen atoms in total. The summed E-state index contributed by atoms with van der Waals surface area (Å²) in [6.07, 6.45) is 90.2. The van der Waals surface area contributed by atoms with Crippen molar-refractivity contribution in [2.24, 2.45) is 5.11 Å². The maximum absolute atomic E-state index is 5.97. The first-order chi connectivity index (χ1) is 44.0. The number of unbranched alkanes of at least 4 members (excludes halogenated alkanes) is 49. The van der Waals surface area contributed by atoms with E-state index in [0.29, 0.717) is 0 Å². The molecule has 0 heterocycles. The molecule has 0 saturated heterocycles. The van der Waals surface area contributed by atoms with E-state index in [4.69, 9.17) is 5.11 Å². The molecule has 0 amide bonds. The van der Waals surface area contributed by atoms with Gasteiger partial charge in [-0.3, -0.25) is 0 Å². The molecule has 0 aliphatic carbocycles. The summed E-state index contributed by atoms with van der Waals surface area (Å²) >= 11 is 0. The van der Waals surface area contributed by atoms with Crippen molar-refractivity contribution in [2.45, 2.75) is 466 Å². The number of nitrogens with zero attached hydrogens (tertiary/aromatic N) is 2. The molecule has 0 N–H and O–H groups in total. The third kappa shape index (κ3) is 45.7. The van der Waals surface area contributed by atoms with Crippen LogP contribution in [-0.4, -0.2) is 11.2 Å². The molecule has 2 rings (SSSR count). The molecule has 0 aromatic heterocycles. The van der Waals surface area contributed by atoms with Crippen LogP contribution in [0, 0.1) is 0 Å². The third-order valence-electron chi connectivity index (χ3n) is 20.3. The lowest BCUT2D eigenvalue weighted by atomic mass is 9.88. The minimum absolute atomic E-state index is 1.03. The van der Waals surface area contributed by atoms with Crippen LogP contribution >= 0.6 is 0 Å². The SMILES string of the molecule is CCCCCCCCCCCCCCCCCCCCCCCCCCCC[N+](=Nc1cc(CCCC)c(CCCC)c(CCCCCC)c1)C(=Cc1cc(CCCC)c(CCCCCCCC)c(CCCCCC)c1)CCCCCCCCCCCCC. The Hall–Kier alpha value is -2.22. The Balaban J connectivity index is 2.39. The van der Waals surface area contributed by atoms with Crippen molar-refractivity contribution >= 4 is 11.8 Å². The Morgan fingerprint density at radius 3 is 0.831 bits per heavy atom. The Kier molecular flexibility index (Phi) is 58.8. The van der Waals surface area contributed by atoms with Crippen molar-refractivity contribution in [2.75, 3.05) is 6.54 Å². The highest BCUT2D eigenvalue weighted by molar-refractivity contribution is 5.56. The molecule has 0 fully saturated rings. The minimum Gasteiger partial charge on any atom is -0.0879 e. The zero-order valence-corrected chi connectivity index (χ0v) is 62.2. The zero-order valence-electron chi connectivity index (χ0n) is 62.2. The van der Waals surface area contributed by atoms with E-state index in [1.807, 2.05) is 0 Å². The maximum atomic E-state index is 5.97. The van der Waals surface area contributed by atoms with Gasteiger partial charge in [0.2, 0.25) is 5.70 Å². The Bertz CT molecular complexity index is 1900. The van der Waals surface area contributed by atoms with Crippen LogP contribution in [0.25, 0.3) is 6.08 Å². The molecule has 0 radical (unpaired) electrons. The van der Waals surface area contributed by atoms with Gasteiger partial charge in [0.25, 0.3) is 0 Å². The van der Waals surface area contributed by atoms with E-state index < -0.39 is 0 Å².